The van der Waals surface area contributed by atoms with Crippen LogP contribution in [0, 0.1) is 0 Å². The molecule has 0 atom stereocenters. The summed E-state index contributed by atoms with van der Waals surface area (Å²) in [5.41, 5.74) is 3.38. The van der Waals surface area contributed by atoms with E-state index in [4.69, 9.17) is 11.6 Å². The summed E-state index contributed by atoms with van der Waals surface area (Å²) in [7, 11) is 4.04. The number of nitrogens with zero attached hydrogens (tertiary/aromatic N) is 5. The van der Waals surface area contributed by atoms with E-state index in [0.29, 0.717) is 20.8 Å². The van der Waals surface area contributed by atoms with Gasteiger partial charge in [-0.3, -0.25) is 4.79 Å². The van der Waals surface area contributed by atoms with Crippen molar-refractivity contribution in [2.45, 2.75) is 6.54 Å². The Labute approximate surface area is 177 Å². The van der Waals surface area contributed by atoms with Gasteiger partial charge >= 0.3 is 0 Å². The highest BCUT2D eigenvalue weighted by molar-refractivity contribution is 8.18. The first-order chi connectivity index (χ1) is 14.0. The number of hydrogen-bond donors (Lipinski definition) is 1. The first-order valence-corrected chi connectivity index (χ1v) is 10.2. The molecule has 1 aliphatic rings. The van der Waals surface area contributed by atoms with E-state index in [1.165, 1.54) is 11.8 Å². The van der Waals surface area contributed by atoms with Crippen molar-refractivity contribution in [2.75, 3.05) is 26.0 Å². The molecular weight excluding hydrogens is 408 g/mol. The number of likely N-dealkylation sites (N-methyl/N-ethyl adjacent to an activating group) is 1. The number of carbonyl (C=O) groups is 1. The van der Waals surface area contributed by atoms with Crippen molar-refractivity contribution in [2.24, 2.45) is 4.99 Å². The SMILES string of the molecule is CN(C)CCn1nnc2ccc(/C=C3\SC(Nc4ccccc4Cl)=NC3=O)cc21. The largest absolute Gasteiger partial charge is 0.333 e. The third-order valence-corrected chi connectivity index (χ3v) is 5.56. The topological polar surface area (TPSA) is 75.4 Å². The number of carbonyl (C=O) groups excluding carboxylic acids is 1. The maximum absolute atomic E-state index is 12.3. The van der Waals surface area contributed by atoms with Gasteiger partial charge in [-0.25, -0.2) is 4.68 Å². The number of amides is 1. The standard InChI is InChI=1S/C20H19ClN6OS/c1-26(2)9-10-27-17-11-13(7-8-16(17)24-25-27)12-18-19(28)23-20(29-18)22-15-6-4-3-5-14(15)21/h3-8,11-12H,9-10H2,1-2H3,(H,22,23,28)/b18-12-. The lowest BCUT2D eigenvalue weighted by Gasteiger charge is -2.09. The van der Waals surface area contributed by atoms with Gasteiger partial charge in [-0.2, -0.15) is 4.99 Å². The normalized spacial score (nSPS) is 15.5. The molecule has 1 N–H and O–H groups in total. The van der Waals surface area contributed by atoms with Crippen molar-refractivity contribution < 1.29 is 4.79 Å². The predicted octanol–water partition coefficient (Wildman–Crippen LogP) is 3.73. The Bertz CT molecular complexity index is 1140. The number of nitrogens with one attached hydrogen (secondary N) is 1. The molecule has 2 aromatic carbocycles. The van der Waals surface area contributed by atoms with Gasteiger partial charge in [0.05, 0.1) is 27.7 Å². The van der Waals surface area contributed by atoms with Gasteiger partial charge in [0.2, 0.25) is 0 Å². The van der Waals surface area contributed by atoms with Gasteiger partial charge in [0.25, 0.3) is 5.91 Å². The number of aliphatic imine (C=N–C) groups is 1. The minimum atomic E-state index is -0.274. The third-order valence-electron chi connectivity index (χ3n) is 4.33. The molecule has 0 bridgehead atoms. The predicted molar refractivity (Wildman–Crippen MR) is 119 cm³/mol. The monoisotopic (exact) mass is 426 g/mol. The molecule has 0 spiro atoms. The van der Waals surface area contributed by atoms with Crippen molar-refractivity contribution in [3.63, 3.8) is 0 Å². The number of para-hydroxylation sites is 1. The summed E-state index contributed by atoms with van der Waals surface area (Å²) in [5, 5.41) is 12.6. The zero-order valence-electron chi connectivity index (χ0n) is 16.0. The van der Waals surface area contributed by atoms with Crippen LogP contribution in [0.3, 0.4) is 0 Å². The highest BCUT2D eigenvalue weighted by Crippen LogP contribution is 2.31. The molecule has 0 saturated heterocycles. The molecule has 7 nitrogen and oxygen atoms in total. The summed E-state index contributed by atoms with van der Waals surface area (Å²) >= 11 is 7.46. The molecule has 29 heavy (non-hydrogen) atoms. The fourth-order valence-electron chi connectivity index (χ4n) is 2.82. The second-order valence-electron chi connectivity index (χ2n) is 6.80. The van der Waals surface area contributed by atoms with Crippen LogP contribution in [0.15, 0.2) is 52.4 Å². The van der Waals surface area contributed by atoms with Gasteiger partial charge in [0, 0.05) is 6.54 Å². The summed E-state index contributed by atoms with van der Waals surface area (Å²) < 4.78 is 1.88. The van der Waals surface area contributed by atoms with Crippen LogP contribution in [0.4, 0.5) is 5.69 Å². The molecule has 9 heteroatoms. The van der Waals surface area contributed by atoms with Gasteiger partial charge < -0.3 is 10.2 Å². The molecule has 2 heterocycles. The average Bonchev–Trinajstić information content (AvgIpc) is 3.25. The second-order valence-corrected chi connectivity index (χ2v) is 8.24. The first kappa shape index (κ1) is 19.6. The molecule has 0 radical (unpaired) electrons. The van der Waals surface area contributed by atoms with Crippen molar-refractivity contribution in [3.8, 4) is 0 Å². The minimum Gasteiger partial charge on any atom is -0.333 e. The molecule has 3 aromatic rings. The summed E-state index contributed by atoms with van der Waals surface area (Å²) in [6, 6.07) is 13.2. The van der Waals surface area contributed by atoms with Gasteiger partial charge in [-0.05, 0) is 61.8 Å². The zero-order chi connectivity index (χ0) is 20.4. The zero-order valence-corrected chi connectivity index (χ0v) is 17.5. The summed E-state index contributed by atoms with van der Waals surface area (Å²) in [6.07, 6.45) is 1.83. The lowest BCUT2D eigenvalue weighted by molar-refractivity contribution is -0.113. The third kappa shape index (κ3) is 4.50. The Morgan fingerprint density at radius 2 is 2.07 bits per heavy atom. The average molecular weight is 427 g/mol. The van der Waals surface area contributed by atoms with Crippen LogP contribution >= 0.6 is 23.4 Å². The molecule has 0 fully saturated rings. The number of rotatable bonds is 5. The number of anilines is 1. The van der Waals surface area contributed by atoms with Gasteiger partial charge in [0.1, 0.15) is 5.52 Å². The molecule has 0 aliphatic carbocycles. The van der Waals surface area contributed by atoms with Gasteiger partial charge in [0.15, 0.2) is 5.17 Å². The second kappa shape index (κ2) is 8.36. The number of benzene rings is 2. The van der Waals surface area contributed by atoms with E-state index in [9.17, 15) is 4.79 Å². The van der Waals surface area contributed by atoms with E-state index < -0.39 is 0 Å². The van der Waals surface area contributed by atoms with Crippen LogP contribution in [-0.2, 0) is 11.3 Å². The molecule has 1 aromatic heterocycles. The molecule has 0 unspecified atom stereocenters. The summed E-state index contributed by atoms with van der Waals surface area (Å²) in [5.74, 6) is -0.274. The number of thioether (sulfide) groups is 1. The molecular formula is C20H19ClN6OS. The van der Waals surface area contributed by atoms with E-state index in [1.54, 1.807) is 6.07 Å². The summed E-state index contributed by atoms with van der Waals surface area (Å²) in [4.78, 5) is 19.1. The van der Waals surface area contributed by atoms with Gasteiger partial charge in [-0.1, -0.05) is 35.0 Å². The Morgan fingerprint density at radius 1 is 1.24 bits per heavy atom. The first-order valence-electron chi connectivity index (χ1n) is 9.02. The van der Waals surface area contributed by atoms with E-state index in [-0.39, 0.29) is 5.91 Å². The van der Waals surface area contributed by atoms with Crippen LogP contribution in [0.1, 0.15) is 5.56 Å². The van der Waals surface area contributed by atoms with Gasteiger partial charge in [-0.15, -0.1) is 5.10 Å². The lowest BCUT2D eigenvalue weighted by atomic mass is 10.2. The Kier molecular flexibility index (Phi) is 5.66. The van der Waals surface area contributed by atoms with Crippen LogP contribution in [0.2, 0.25) is 5.02 Å². The molecule has 4 rings (SSSR count). The van der Waals surface area contributed by atoms with Crippen LogP contribution in [0.25, 0.3) is 17.1 Å². The van der Waals surface area contributed by atoms with E-state index in [2.05, 4.69) is 25.5 Å². The maximum atomic E-state index is 12.3. The number of aromatic nitrogens is 3. The fourth-order valence-corrected chi connectivity index (χ4v) is 3.83. The quantitative estimate of drug-likeness (QED) is 0.626. The number of fused-ring (bicyclic) bond motifs is 1. The van der Waals surface area contributed by atoms with Crippen LogP contribution in [-0.4, -0.2) is 51.6 Å². The fraction of sp³-hybridized carbons (Fsp3) is 0.200. The highest BCUT2D eigenvalue weighted by Gasteiger charge is 2.22. The van der Waals surface area contributed by atoms with Crippen LogP contribution < -0.4 is 5.32 Å². The Morgan fingerprint density at radius 3 is 2.86 bits per heavy atom. The van der Waals surface area contributed by atoms with Crippen molar-refractivity contribution in [1.29, 1.82) is 0 Å². The number of amidine groups is 1. The van der Waals surface area contributed by atoms with Crippen LogP contribution in [0.5, 0.6) is 0 Å². The van der Waals surface area contributed by atoms with E-state index in [1.807, 2.05) is 61.3 Å². The number of hydrogen-bond acceptors (Lipinski definition) is 6. The highest BCUT2D eigenvalue weighted by atomic mass is 35.5. The smallest absolute Gasteiger partial charge is 0.286 e. The number of halogens is 1. The van der Waals surface area contributed by atoms with E-state index >= 15 is 0 Å². The maximum Gasteiger partial charge on any atom is 0.286 e. The van der Waals surface area contributed by atoms with Crippen molar-refractivity contribution >= 4 is 57.2 Å². The molecule has 0 saturated carbocycles. The minimum absolute atomic E-state index is 0.274. The Balaban J connectivity index is 1.53. The summed E-state index contributed by atoms with van der Waals surface area (Å²) in [6.45, 7) is 1.61. The Hall–Kier alpha value is -2.68. The molecule has 148 valence electrons. The van der Waals surface area contributed by atoms with Crippen molar-refractivity contribution in [1.82, 2.24) is 19.9 Å². The molecule has 1 amide bonds. The van der Waals surface area contributed by atoms with Crippen molar-refractivity contribution in [3.05, 3.63) is 58.0 Å². The lowest BCUT2D eigenvalue weighted by Crippen LogP contribution is -2.19. The van der Waals surface area contributed by atoms with E-state index in [0.717, 1.165) is 29.7 Å². The molecule has 1 aliphatic heterocycles.